The van der Waals surface area contributed by atoms with Crippen LogP contribution >= 0.6 is 0 Å². The van der Waals surface area contributed by atoms with E-state index in [0.29, 0.717) is 18.5 Å². The number of carbonyl (C=O) groups is 1. The van der Waals surface area contributed by atoms with Gasteiger partial charge in [0.1, 0.15) is 0 Å². The maximum Gasteiger partial charge on any atom is 0.178 e. The summed E-state index contributed by atoms with van der Waals surface area (Å²) in [4.78, 5) is 15.0. The monoisotopic (exact) mass is 368 g/mol. The largest absolute Gasteiger partial charge is 0.373 e. The van der Waals surface area contributed by atoms with Crippen molar-refractivity contribution < 1.29 is 17.9 Å². The first kappa shape index (κ1) is 18.6. The van der Waals surface area contributed by atoms with E-state index in [1.165, 1.54) is 0 Å². The summed E-state index contributed by atoms with van der Waals surface area (Å²) in [5.74, 6) is 0.512. The quantitative estimate of drug-likeness (QED) is 0.758. The molecule has 2 fully saturated rings. The van der Waals surface area contributed by atoms with E-state index < -0.39 is 9.84 Å². The van der Waals surface area contributed by atoms with Crippen molar-refractivity contribution in [2.24, 2.45) is 0 Å². The van der Waals surface area contributed by atoms with Gasteiger partial charge in [-0.3, -0.25) is 9.69 Å². The van der Waals surface area contributed by atoms with Gasteiger partial charge >= 0.3 is 0 Å². The second kappa shape index (κ2) is 6.85. The normalized spacial score (nSPS) is 29.8. The van der Waals surface area contributed by atoms with Crippen molar-refractivity contribution in [1.29, 1.82) is 0 Å². The molecule has 0 bridgehead atoms. The number of sulfone groups is 1. The Labute approximate surface area is 150 Å². The third-order valence-corrected chi connectivity index (χ3v) is 6.97. The number of aryl methyl sites for hydroxylation is 1. The van der Waals surface area contributed by atoms with Gasteiger partial charge in [0.15, 0.2) is 15.6 Å². The van der Waals surface area contributed by atoms with Crippen LogP contribution in [0.25, 0.3) is 0 Å². The third kappa shape index (κ3) is 3.99. The highest BCUT2D eigenvalue weighted by Gasteiger charge is 2.32. The topological polar surface area (TPSA) is 68.6 Å². The Bertz CT molecular complexity index is 758. The molecule has 1 aromatic heterocycles. The summed E-state index contributed by atoms with van der Waals surface area (Å²) >= 11 is 0. The van der Waals surface area contributed by atoms with E-state index in [0.717, 1.165) is 24.5 Å². The lowest BCUT2D eigenvalue weighted by molar-refractivity contribution is -0.0652. The van der Waals surface area contributed by atoms with Crippen LogP contribution < -0.4 is 0 Å². The van der Waals surface area contributed by atoms with Gasteiger partial charge in [0.05, 0.1) is 30.3 Å². The molecule has 0 radical (unpaired) electrons. The summed E-state index contributed by atoms with van der Waals surface area (Å²) < 4.78 is 31.4. The number of ketones is 1. The molecule has 0 spiro atoms. The Morgan fingerprint density at radius 1 is 1.24 bits per heavy atom. The molecule has 3 heterocycles. The number of hydrogen-bond acceptors (Lipinski definition) is 5. The minimum atomic E-state index is -2.95. The number of ether oxygens (including phenoxy) is 1. The van der Waals surface area contributed by atoms with Crippen molar-refractivity contribution in [3.8, 4) is 0 Å². The fraction of sp³-hybridized carbons (Fsp3) is 0.722. The van der Waals surface area contributed by atoms with Crippen LogP contribution in [0.2, 0.25) is 0 Å². The van der Waals surface area contributed by atoms with Crippen LogP contribution in [0.4, 0.5) is 0 Å². The molecule has 6 nitrogen and oxygen atoms in total. The Hall–Kier alpha value is -1.18. The molecular weight excluding hydrogens is 340 g/mol. The van der Waals surface area contributed by atoms with Gasteiger partial charge in [0.25, 0.3) is 0 Å². The zero-order valence-corrected chi connectivity index (χ0v) is 16.3. The van der Waals surface area contributed by atoms with Crippen LogP contribution in [0.15, 0.2) is 6.07 Å². The first-order chi connectivity index (χ1) is 11.7. The lowest BCUT2D eigenvalue weighted by Gasteiger charge is -2.34. The van der Waals surface area contributed by atoms with E-state index in [2.05, 4.69) is 4.90 Å². The van der Waals surface area contributed by atoms with Crippen molar-refractivity contribution in [3.05, 3.63) is 23.0 Å². The Morgan fingerprint density at radius 3 is 2.44 bits per heavy atom. The molecule has 2 aliphatic heterocycles. The van der Waals surface area contributed by atoms with Crippen molar-refractivity contribution >= 4 is 15.6 Å². The maximum absolute atomic E-state index is 12.8. The molecule has 0 amide bonds. The van der Waals surface area contributed by atoms with Crippen molar-refractivity contribution in [2.45, 2.75) is 52.4 Å². The summed E-state index contributed by atoms with van der Waals surface area (Å²) in [5.41, 5.74) is 2.57. The maximum atomic E-state index is 12.8. The summed E-state index contributed by atoms with van der Waals surface area (Å²) in [5, 5.41) is 0. The average molecular weight is 368 g/mol. The van der Waals surface area contributed by atoms with E-state index in [-0.39, 0.29) is 35.5 Å². The second-order valence-corrected chi connectivity index (χ2v) is 9.81. The highest BCUT2D eigenvalue weighted by molar-refractivity contribution is 7.91. The number of aromatic nitrogens is 1. The predicted octanol–water partition coefficient (Wildman–Crippen LogP) is 1.76. The second-order valence-electron chi connectivity index (χ2n) is 7.59. The van der Waals surface area contributed by atoms with Gasteiger partial charge in [-0.1, -0.05) is 0 Å². The van der Waals surface area contributed by atoms with Crippen molar-refractivity contribution in [2.75, 3.05) is 31.1 Å². The number of rotatable bonds is 4. The standard InChI is InChI=1S/C18H28N2O4S/c1-12-7-17(15(4)20(12)16-5-6-25(22,23)11-16)18(21)10-19-8-13(2)24-14(3)9-19/h7,13-14,16H,5-6,8-11H2,1-4H3/t13-,14-,16+/m0/s1. The van der Waals surface area contributed by atoms with Gasteiger partial charge in [-0.15, -0.1) is 0 Å². The van der Waals surface area contributed by atoms with Crippen LogP contribution in [0.3, 0.4) is 0 Å². The first-order valence-corrected chi connectivity index (χ1v) is 10.8. The van der Waals surface area contributed by atoms with Crippen LogP contribution in [0.1, 0.15) is 48.1 Å². The molecule has 3 atom stereocenters. The Kier molecular flexibility index (Phi) is 5.10. The highest BCUT2D eigenvalue weighted by Crippen LogP contribution is 2.29. The average Bonchev–Trinajstić information content (AvgIpc) is 2.97. The predicted molar refractivity (Wildman–Crippen MR) is 97.0 cm³/mol. The van der Waals surface area contributed by atoms with Gasteiger partial charge < -0.3 is 9.30 Å². The Morgan fingerprint density at radius 2 is 1.88 bits per heavy atom. The van der Waals surface area contributed by atoms with E-state index in [4.69, 9.17) is 4.74 Å². The van der Waals surface area contributed by atoms with E-state index >= 15 is 0 Å². The zero-order valence-electron chi connectivity index (χ0n) is 15.5. The van der Waals surface area contributed by atoms with E-state index in [1.807, 2.05) is 38.3 Å². The molecular formula is C18H28N2O4S. The lowest BCUT2D eigenvalue weighted by atomic mass is 10.1. The summed E-state index contributed by atoms with van der Waals surface area (Å²) in [7, 11) is -2.95. The molecule has 2 aliphatic rings. The van der Waals surface area contributed by atoms with Gasteiger partial charge in [0.2, 0.25) is 0 Å². The third-order valence-electron chi connectivity index (χ3n) is 5.22. The first-order valence-electron chi connectivity index (χ1n) is 8.96. The molecule has 1 aromatic rings. The molecule has 2 saturated heterocycles. The fourth-order valence-electron chi connectivity index (χ4n) is 4.30. The van der Waals surface area contributed by atoms with Crippen LogP contribution in [0, 0.1) is 13.8 Å². The summed E-state index contributed by atoms with van der Waals surface area (Å²) in [6.07, 6.45) is 0.894. The van der Waals surface area contributed by atoms with Gasteiger partial charge in [-0.05, 0) is 40.2 Å². The Balaban J connectivity index is 1.77. The molecule has 0 unspecified atom stereocenters. The molecule has 0 aromatic carbocycles. The summed E-state index contributed by atoms with van der Waals surface area (Å²) in [6.45, 7) is 9.83. The van der Waals surface area contributed by atoms with Crippen molar-refractivity contribution in [1.82, 2.24) is 9.47 Å². The molecule has 7 heteroatoms. The van der Waals surface area contributed by atoms with Crippen LogP contribution in [0.5, 0.6) is 0 Å². The minimum absolute atomic E-state index is 0.0463. The highest BCUT2D eigenvalue weighted by atomic mass is 32.2. The number of Topliss-reactive ketones (excluding diaryl/α,β-unsaturated/α-hetero) is 1. The number of hydrogen-bond donors (Lipinski definition) is 0. The van der Waals surface area contributed by atoms with E-state index in [1.54, 1.807) is 0 Å². The number of morpholine rings is 1. The molecule has 25 heavy (non-hydrogen) atoms. The van der Waals surface area contributed by atoms with Gasteiger partial charge in [-0.25, -0.2) is 8.42 Å². The molecule has 0 saturated carbocycles. The van der Waals surface area contributed by atoms with Gasteiger partial charge in [-0.2, -0.15) is 0 Å². The number of carbonyl (C=O) groups excluding carboxylic acids is 1. The zero-order chi connectivity index (χ0) is 18.4. The van der Waals surface area contributed by atoms with E-state index in [9.17, 15) is 13.2 Å². The fourth-order valence-corrected chi connectivity index (χ4v) is 6.00. The molecule has 3 rings (SSSR count). The molecule has 0 N–H and O–H groups in total. The molecule has 140 valence electrons. The lowest BCUT2D eigenvalue weighted by Crippen LogP contribution is -2.47. The smallest absolute Gasteiger partial charge is 0.178 e. The van der Waals surface area contributed by atoms with Crippen LogP contribution in [-0.4, -0.2) is 67.0 Å². The summed E-state index contributed by atoms with van der Waals surface area (Å²) in [6, 6.07) is 1.87. The van der Waals surface area contributed by atoms with Crippen molar-refractivity contribution in [3.63, 3.8) is 0 Å². The number of nitrogens with zero attached hydrogens (tertiary/aromatic N) is 2. The van der Waals surface area contributed by atoms with Crippen LogP contribution in [-0.2, 0) is 14.6 Å². The molecule has 0 aliphatic carbocycles. The SMILES string of the molecule is Cc1cc(C(=O)CN2C[C@H](C)O[C@@H](C)C2)c(C)n1[C@@H]1CCS(=O)(=O)C1. The van der Waals surface area contributed by atoms with Gasteiger partial charge in [0, 0.05) is 36.1 Å². The minimum Gasteiger partial charge on any atom is -0.373 e.